The van der Waals surface area contributed by atoms with Crippen LogP contribution in [0.4, 0.5) is 11.4 Å². The lowest BCUT2D eigenvalue weighted by Crippen LogP contribution is -2.48. The minimum Gasteiger partial charge on any atom is -0.368 e. The molecule has 0 spiro atoms. The fourth-order valence-corrected chi connectivity index (χ4v) is 5.20. The van der Waals surface area contributed by atoms with E-state index in [4.69, 9.17) is 4.98 Å². The van der Waals surface area contributed by atoms with E-state index in [9.17, 15) is 9.59 Å². The highest BCUT2D eigenvalue weighted by molar-refractivity contribution is 9.10. The van der Waals surface area contributed by atoms with Crippen molar-refractivity contribution in [3.05, 3.63) is 124 Å². The first-order valence-electron chi connectivity index (χ1n) is 12.8. The molecule has 0 atom stereocenters. The van der Waals surface area contributed by atoms with Crippen LogP contribution in [0.15, 0.2) is 112 Å². The maximum absolute atomic E-state index is 13.5. The summed E-state index contributed by atoms with van der Waals surface area (Å²) < 4.78 is 2.32. The van der Waals surface area contributed by atoms with E-state index in [1.807, 2.05) is 77.7 Å². The van der Waals surface area contributed by atoms with Gasteiger partial charge in [-0.25, -0.2) is 9.66 Å². The zero-order valence-corrected chi connectivity index (χ0v) is 22.7. The summed E-state index contributed by atoms with van der Waals surface area (Å²) in [6.45, 7) is 2.93. The van der Waals surface area contributed by atoms with Gasteiger partial charge in [-0.05, 0) is 54.6 Å². The third-order valence-corrected chi connectivity index (χ3v) is 7.42. The molecule has 1 fully saturated rings. The van der Waals surface area contributed by atoms with Crippen molar-refractivity contribution >= 4 is 44.1 Å². The van der Waals surface area contributed by atoms with Crippen LogP contribution in [0.2, 0.25) is 0 Å². The van der Waals surface area contributed by atoms with Gasteiger partial charge in [0.15, 0.2) is 5.82 Å². The van der Waals surface area contributed by atoms with Gasteiger partial charge in [0.2, 0.25) is 0 Å². The first-order chi connectivity index (χ1) is 19.1. The summed E-state index contributed by atoms with van der Waals surface area (Å²) in [6.07, 6.45) is 0. The first kappa shape index (κ1) is 24.9. The zero-order valence-electron chi connectivity index (χ0n) is 21.1. The molecule has 7 nitrogen and oxygen atoms in total. The third-order valence-electron chi connectivity index (χ3n) is 6.92. The molecule has 0 radical (unpaired) electrons. The number of nitrogens with one attached hydrogen (secondary N) is 1. The molecule has 1 aliphatic rings. The van der Waals surface area contributed by atoms with E-state index in [-0.39, 0.29) is 11.5 Å². The number of amides is 1. The van der Waals surface area contributed by atoms with Gasteiger partial charge >= 0.3 is 0 Å². The normalized spacial score (nSPS) is 13.5. The largest absolute Gasteiger partial charge is 0.368 e. The maximum atomic E-state index is 13.5. The van der Waals surface area contributed by atoms with Crippen LogP contribution in [0.1, 0.15) is 10.4 Å². The smallest absolute Gasteiger partial charge is 0.280 e. The molecule has 4 aromatic carbocycles. The molecule has 6 rings (SSSR count). The highest BCUT2D eigenvalue weighted by Gasteiger charge is 2.22. The summed E-state index contributed by atoms with van der Waals surface area (Å²) in [7, 11) is 0. The number of benzene rings is 4. The van der Waals surface area contributed by atoms with Gasteiger partial charge in [0.05, 0.1) is 16.6 Å². The molecule has 0 bridgehead atoms. The third kappa shape index (κ3) is 5.15. The summed E-state index contributed by atoms with van der Waals surface area (Å²) in [5.41, 5.74) is 6.91. The predicted molar refractivity (Wildman–Crippen MR) is 159 cm³/mol. The molecular weight excluding hydrogens is 554 g/mol. The highest BCUT2D eigenvalue weighted by Crippen LogP contribution is 2.23. The molecule has 39 heavy (non-hydrogen) atoms. The number of nitrogens with zero attached hydrogens (tertiary/aromatic N) is 4. The Labute approximate surface area is 234 Å². The minimum atomic E-state index is -0.206. The SMILES string of the molecule is O=C(c1ccc(Nn2c(-c3ccccc3)nc3cc(Br)ccc3c2=O)cc1)N1CCN(c2ccccc2)CC1. The second-order valence-electron chi connectivity index (χ2n) is 9.41. The van der Waals surface area contributed by atoms with Crippen LogP contribution in [0.5, 0.6) is 0 Å². The molecule has 1 amide bonds. The van der Waals surface area contributed by atoms with E-state index in [2.05, 4.69) is 38.4 Å². The first-order valence-corrected chi connectivity index (χ1v) is 13.6. The Bertz CT molecular complexity index is 1680. The zero-order chi connectivity index (χ0) is 26.8. The van der Waals surface area contributed by atoms with Crippen molar-refractivity contribution in [2.75, 3.05) is 36.5 Å². The average molecular weight is 580 g/mol. The van der Waals surface area contributed by atoms with Crippen molar-refractivity contribution in [2.24, 2.45) is 0 Å². The van der Waals surface area contributed by atoms with Gasteiger partial charge in [-0.15, -0.1) is 0 Å². The Morgan fingerprint density at radius 2 is 1.46 bits per heavy atom. The summed E-state index contributed by atoms with van der Waals surface area (Å²) in [6, 6.07) is 32.5. The number of carbonyl (C=O) groups excluding carboxylic acids is 1. The van der Waals surface area contributed by atoms with E-state index >= 15 is 0 Å². The van der Waals surface area contributed by atoms with Crippen LogP contribution in [0.25, 0.3) is 22.3 Å². The molecular formula is C31H26BrN5O2. The van der Waals surface area contributed by atoms with Crippen LogP contribution in [0, 0.1) is 0 Å². The van der Waals surface area contributed by atoms with Crippen LogP contribution in [-0.2, 0) is 0 Å². The second kappa shape index (κ2) is 10.7. The van der Waals surface area contributed by atoms with Crippen molar-refractivity contribution < 1.29 is 4.79 Å². The molecule has 0 unspecified atom stereocenters. The highest BCUT2D eigenvalue weighted by atomic mass is 79.9. The average Bonchev–Trinajstić information content (AvgIpc) is 2.99. The lowest BCUT2D eigenvalue weighted by molar-refractivity contribution is 0.0747. The molecule has 1 aliphatic heterocycles. The molecule has 5 aromatic rings. The van der Waals surface area contributed by atoms with Gasteiger partial charge in [-0.1, -0.05) is 64.5 Å². The molecule has 8 heteroatoms. The number of fused-ring (bicyclic) bond motifs is 1. The Morgan fingerprint density at radius 3 is 2.15 bits per heavy atom. The monoisotopic (exact) mass is 579 g/mol. The summed E-state index contributed by atoms with van der Waals surface area (Å²) in [4.78, 5) is 35.7. The Morgan fingerprint density at radius 1 is 0.795 bits per heavy atom. The summed E-state index contributed by atoms with van der Waals surface area (Å²) in [5.74, 6) is 0.511. The number of hydrogen-bond donors (Lipinski definition) is 1. The number of carbonyl (C=O) groups is 1. The van der Waals surface area contributed by atoms with E-state index in [0.717, 1.165) is 23.1 Å². The van der Waals surface area contributed by atoms with Crippen LogP contribution < -0.4 is 15.9 Å². The summed E-state index contributed by atoms with van der Waals surface area (Å²) >= 11 is 3.47. The van der Waals surface area contributed by atoms with Gasteiger partial charge in [-0.2, -0.15) is 0 Å². The quantitative estimate of drug-likeness (QED) is 0.291. The number of anilines is 2. The van der Waals surface area contributed by atoms with Crippen molar-refractivity contribution in [3.8, 4) is 11.4 Å². The molecule has 0 saturated carbocycles. The second-order valence-corrected chi connectivity index (χ2v) is 10.3. The van der Waals surface area contributed by atoms with Gasteiger partial charge in [0.25, 0.3) is 11.5 Å². The Kier molecular flexibility index (Phi) is 6.85. The lowest BCUT2D eigenvalue weighted by atomic mass is 10.1. The molecule has 0 aliphatic carbocycles. The van der Waals surface area contributed by atoms with Crippen molar-refractivity contribution in [1.29, 1.82) is 0 Å². The predicted octanol–water partition coefficient (Wildman–Crippen LogP) is 5.66. The fraction of sp³-hybridized carbons (Fsp3) is 0.129. The number of piperazine rings is 1. The van der Waals surface area contributed by atoms with E-state index in [0.29, 0.717) is 41.1 Å². The van der Waals surface area contributed by atoms with Crippen molar-refractivity contribution in [2.45, 2.75) is 0 Å². The van der Waals surface area contributed by atoms with Crippen LogP contribution >= 0.6 is 15.9 Å². The van der Waals surface area contributed by atoms with Crippen molar-refractivity contribution in [1.82, 2.24) is 14.6 Å². The molecule has 1 N–H and O–H groups in total. The van der Waals surface area contributed by atoms with Gasteiger partial charge in [0, 0.05) is 47.5 Å². The maximum Gasteiger partial charge on any atom is 0.280 e. The fourth-order valence-electron chi connectivity index (χ4n) is 4.85. The molecule has 194 valence electrons. The van der Waals surface area contributed by atoms with E-state index in [1.54, 1.807) is 18.2 Å². The number of halogens is 1. The molecule has 1 saturated heterocycles. The van der Waals surface area contributed by atoms with E-state index in [1.165, 1.54) is 10.4 Å². The van der Waals surface area contributed by atoms with E-state index < -0.39 is 0 Å². The Hall–Kier alpha value is -4.43. The lowest BCUT2D eigenvalue weighted by Gasteiger charge is -2.36. The standard InChI is InChI=1S/C31H26BrN5O2/c32-24-13-16-27-28(21-24)33-29(22-7-3-1-4-8-22)37(31(27)39)34-25-14-11-23(12-15-25)30(38)36-19-17-35(18-20-36)26-9-5-2-6-10-26/h1-16,21,34H,17-20H2. The summed E-state index contributed by atoms with van der Waals surface area (Å²) in [5, 5.41) is 0.506. The van der Waals surface area contributed by atoms with Gasteiger partial charge in [-0.3, -0.25) is 15.0 Å². The topological polar surface area (TPSA) is 70.5 Å². The minimum absolute atomic E-state index is 0.00866. The number of hydrogen-bond acceptors (Lipinski definition) is 5. The molecule has 2 heterocycles. The number of para-hydroxylation sites is 1. The van der Waals surface area contributed by atoms with Crippen LogP contribution in [-0.4, -0.2) is 46.6 Å². The number of aromatic nitrogens is 2. The van der Waals surface area contributed by atoms with Gasteiger partial charge in [0.1, 0.15) is 0 Å². The Balaban J connectivity index is 1.23. The van der Waals surface area contributed by atoms with Crippen molar-refractivity contribution in [3.63, 3.8) is 0 Å². The number of rotatable bonds is 5. The molecule has 1 aromatic heterocycles. The van der Waals surface area contributed by atoms with Crippen LogP contribution in [0.3, 0.4) is 0 Å². The van der Waals surface area contributed by atoms with Gasteiger partial charge < -0.3 is 9.80 Å².